The summed E-state index contributed by atoms with van der Waals surface area (Å²) in [4.78, 5) is 16.2. The van der Waals surface area contributed by atoms with E-state index in [1.165, 1.54) is 31.5 Å². The number of hydrogen-bond acceptors (Lipinski definition) is 6. The topological polar surface area (TPSA) is 108 Å². The second kappa shape index (κ2) is 7.91. The Kier molecular flexibility index (Phi) is 5.67. The van der Waals surface area contributed by atoms with Gasteiger partial charge < -0.3 is 20.2 Å². The van der Waals surface area contributed by atoms with E-state index in [9.17, 15) is 10.0 Å². The minimum atomic E-state index is -0.572. The molecule has 0 aliphatic heterocycles. The molecule has 0 unspecified atom stereocenters. The molecule has 0 atom stereocenters. The minimum Gasteiger partial charge on any atom is -0.492 e. The van der Waals surface area contributed by atoms with Crippen LogP contribution in [-0.2, 0) is 4.74 Å². The molecule has 1 amide bonds. The molecular weight excluding hydrogens is 324 g/mol. The predicted molar refractivity (Wildman–Crippen MR) is 91.0 cm³/mol. The number of rotatable bonds is 6. The van der Waals surface area contributed by atoms with Crippen LogP contribution in [0.1, 0.15) is 17.4 Å². The van der Waals surface area contributed by atoms with Gasteiger partial charge in [0.15, 0.2) is 0 Å². The highest BCUT2D eigenvalue weighted by Gasteiger charge is 2.27. The van der Waals surface area contributed by atoms with Gasteiger partial charge in [0.2, 0.25) is 0 Å². The third-order valence-electron chi connectivity index (χ3n) is 3.30. The van der Waals surface area contributed by atoms with Crippen molar-refractivity contribution in [2.45, 2.75) is 6.92 Å². The van der Waals surface area contributed by atoms with E-state index in [1.807, 2.05) is 0 Å². The Morgan fingerprint density at radius 2 is 2.24 bits per heavy atom. The lowest BCUT2D eigenvalue weighted by Gasteiger charge is -2.18. The summed E-state index contributed by atoms with van der Waals surface area (Å²) in [5.74, 6) is -0.115. The van der Waals surface area contributed by atoms with Crippen LogP contribution in [0.2, 0.25) is 0 Å². The van der Waals surface area contributed by atoms with Gasteiger partial charge in [0.25, 0.3) is 0 Å². The number of nitrogens with zero attached hydrogens (tertiary/aromatic N) is 2. The number of carbonyl (C=O) groups is 1. The molecule has 1 aliphatic rings. The van der Waals surface area contributed by atoms with Crippen LogP contribution in [0, 0.1) is 5.41 Å². The van der Waals surface area contributed by atoms with Gasteiger partial charge in [-0.05, 0) is 25.8 Å². The maximum absolute atomic E-state index is 12.5. The summed E-state index contributed by atoms with van der Waals surface area (Å²) >= 11 is 0. The zero-order chi connectivity index (χ0) is 18.4. The first-order valence-corrected chi connectivity index (χ1v) is 7.43. The third-order valence-corrected chi connectivity index (χ3v) is 3.30. The monoisotopic (exact) mass is 343 g/mol. The molecule has 130 valence electrons. The van der Waals surface area contributed by atoms with Crippen molar-refractivity contribution in [3.8, 4) is 5.88 Å². The number of aromatic nitrogens is 1. The number of aliphatic imine (C=N–C) groups is 1. The van der Waals surface area contributed by atoms with Crippen LogP contribution in [0.5, 0.6) is 5.88 Å². The summed E-state index contributed by atoms with van der Waals surface area (Å²) in [6, 6.07) is 4.53. The molecule has 0 aromatic carbocycles. The average Bonchev–Trinajstić information content (AvgIpc) is 2.59. The van der Waals surface area contributed by atoms with Crippen molar-refractivity contribution in [2.75, 3.05) is 13.7 Å². The normalized spacial score (nSPS) is 15.3. The van der Waals surface area contributed by atoms with Gasteiger partial charge in [0, 0.05) is 23.9 Å². The van der Waals surface area contributed by atoms with E-state index in [-0.39, 0.29) is 17.3 Å². The van der Waals surface area contributed by atoms with Gasteiger partial charge in [-0.2, -0.15) is 0 Å². The number of ether oxygens (including phenoxy) is 2. The van der Waals surface area contributed by atoms with Crippen molar-refractivity contribution < 1.29 is 24.2 Å². The zero-order valence-corrected chi connectivity index (χ0v) is 13.9. The molecule has 1 aliphatic carbocycles. The highest BCUT2D eigenvalue weighted by atomic mass is 16.5. The summed E-state index contributed by atoms with van der Waals surface area (Å²) in [6.07, 6.45) is 4.45. The van der Waals surface area contributed by atoms with E-state index in [0.29, 0.717) is 28.4 Å². The van der Waals surface area contributed by atoms with Gasteiger partial charge in [0.1, 0.15) is 5.76 Å². The average molecular weight is 343 g/mol. The molecule has 2 rings (SSSR count). The van der Waals surface area contributed by atoms with Crippen molar-refractivity contribution in [1.82, 2.24) is 5.32 Å². The van der Waals surface area contributed by atoms with Crippen molar-refractivity contribution >= 4 is 18.3 Å². The van der Waals surface area contributed by atoms with Crippen LogP contribution in [-0.4, -0.2) is 37.3 Å². The molecule has 1 aromatic rings. The van der Waals surface area contributed by atoms with Gasteiger partial charge in [-0.15, -0.1) is 0 Å². The standard InChI is InChI=1S/C17H18N4O4/c1-4-25-15-9-12(18)11(10-19-2)8-13(15)20-17(22)14-6-5-7-16(24-3)21(14)23/h5-10,18H,2,4H2,1,3H3,(H-,20,22,23)/p+1. The molecule has 1 aromatic heterocycles. The summed E-state index contributed by atoms with van der Waals surface area (Å²) in [5.41, 5.74) is 0.980. The quantitative estimate of drug-likeness (QED) is 0.412. The van der Waals surface area contributed by atoms with E-state index in [2.05, 4.69) is 17.0 Å². The minimum absolute atomic E-state index is 0.0240. The van der Waals surface area contributed by atoms with Crippen LogP contribution >= 0.6 is 0 Å². The number of pyridine rings is 1. The lowest BCUT2D eigenvalue weighted by Crippen LogP contribution is -2.43. The highest BCUT2D eigenvalue weighted by molar-refractivity contribution is 6.10. The highest BCUT2D eigenvalue weighted by Crippen LogP contribution is 2.20. The van der Waals surface area contributed by atoms with E-state index in [4.69, 9.17) is 14.9 Å². The van der Waals surface area contributed by atoms with E-state index >= 15 is 0 Å². The Labute approximate surface area is 144 Å². The first kappa shape index (κ1) is 17.9. The predicted octanol–water partition coefficient (Wildman–Crippen LogP) is 1.37. The van der Waals surface area contributed by atoms with E-state index in [0.717, 1.165) is 0 Å². The molecular formula is C17H19N4O4+. The first-order chi connectivity index (χ1) is 12.0. The fourth-order valence-electron chi connectivity index (χ4n) is 2.17. The molecule has 3 N–H and O–H groups in total. The molecule has 25 heavy (non-hydrogen) atoms. The zero-order valence-electron chi connectivity index (χ0n) is 13.9. The third kappa shape index (κ3) is 3.92. The summed E-state index contributed by atoms with van der Waals surface area (Å²) in [7, 11) is 1.38. The summed E-state index contributed by atoms with van der Waals surface area (Å²) < 4.78 is 11.1. The number of amides is 1. The maximum Gasteiger partial charge on any atom is 0.417 e. The number of allylic oxidation sites excluding steroid dienone is 3. The fourth-order valence-corrected chi connectivity index (χ4v) is 2.17. The Hall–Kier alpha value is -3.42. The largest absolute Gasteiger partial charge is 0.492 e. The van der Waals surface area contributed by atoms with Crippen molar-refractivity contribution in [3.05, 3.63) is 59.3 Å². The number of carbonyl (C=O) groups excluding carboxylic acids is 1. The summed E-state index contributed by atoms with van der Waals surface area (Å²) in [6.45, 7) is 5.53. The van der Waals surface area contributed by atoms with Gasteiger partial charge >= 0.3 is 17.5 Å². The number of nitrogens with one attached hydrogen (secondary N) is 2. The molecule has 0 bridgehead atoms. The van der Waals surface area contributed by atoms with Crippen LogP contribution in [0.25, 0.3) is 0 Å². The summed E-state index contributed by atoms with van der Waals surface area (Å²) in [5, 5.41) is 20.6. The van der Waals surface area contributed by atoms with Crippen LogP contribution in [0.4, 0.5) is 0 Å². The number of methoxy groups -OCH3 is 1. The van der Waals surface area contributed by atoms with Crippen molar-refractivity contribution in [1.29, 1.82) is 5.41 Å². The molecule has 0 fully saturated rings. The Bertz CT molecular complexity index is 809. The molecule has 8 nitrogen and oxygen atoms in total. The second-order valence-electron chi connectivity index (χ2n) is 4.90. The molecule has 1 heterocycles. The molecule has 0 radical (unpaired) electrons. The smallest absolute Gasteiger partial charge is 0.417 e. The lowest BCUT2D eigenvalue weighted by molar-refractivity contribution is -0.907. The van der Waals surface area contributed by atoms with Gasteiger partial charge in [-0.3, -0.25) is 15.0 Å². The maximum atomic E-state index is 12.5. The van der Waals surface area contributed by atoms with Crippen molar-refractivity contribution in [3.63, 3.8) is 0 Å². The molecule has 0 spiro atoms. The van der Waals surface area contributed by atoms with Crippen LogP contribution in [0.15, 0.2) is 58.6 Å². The SMILES string of the molecule is C=N/C=C1/C=C(NC(=O)c2cccc(OC)[n+]2O)C(OCC)=CC1=N. The van der Waals surface area contributed by atoms with Crippen LogP contribution in [0.3, 0.4) is 0 Å². The Morgan fingerprint density at radius 1 is 1.48 bits per heavy atom. The Morgan fingerprint density at radius 3 is 2.88 bits per heavy atom. The van der Waals surface area contributed by atoms with E-state index < -0.39 is 5.91 Å². The second-order valence-corrected chi connectivity index (χ2v) is 4.90. The van der Waals surface area contributed by atoms with Gasteiger partial charge in [-0.1, -0.05) is 0 Å². The van der Waals surface area contributed by atoms with Crippen LogP contribution < -0.4 is 14.8 Å². The molecule has 8 heteroatoms. The van der Waals surface area contributed by atoms with Gasteiger partial charge in [-0.25, -0.2) is 0 Å². The van der Waals surface area contributed by atoms with E-state index in [1.54, 1.807) is 19.1 Å². The Balaban J connectivity index is 2.35. The number of hydrogen-bond donors (Lipinski definition) is 3. The molecule has 0 saturated carbocycles. The molecule has 0 saturated heterocycles. The first-order valence-electron chi connectivity index (χ1n) is 7.43. The van der Waals surface area contributed by atoms with Crippen molar-refractivity contribution in [2.24, 2.45) is 4.99 Å². The fraction of sp³-hybridized carbons (Fsp3) is 0.176. The van der Waals surface area contributed by atoms with Gasteiger partial charge in [0.05, 0.1) is 35.9 Å². The lowest BCUT2D eigenvalue weighted by atomic mass is 10.0.